The molecule has 1 rings (SSSR count). The van der Waals surface area contributed by atoms with E-state index in [1.54, 1.807) is 0 Å². The third kappa shape index (κ3) is 6.08. The lowest BCUT2D eigenvalue weighted by atomic mass is 10.1. The zero-order chi connectivity index (χ0) is 14.3. The number of hydrogen-bond donors (Lipinski definition) is 2. The van der Waals surface area contributed by atoms with Gasteiger partial charge in [0.15, 0.2) is 0 Å². The van der Waals surface area contributed by atoms with Gasteiger partial charge in [-0.25, -0.2) is 0 Å². The van der Waals surface area contributed by atoms with Crippen LogP contribution in [0.5, 0.6) is 5.75 Å². The van der Waals surface area contributed by atoms with Crippen LogP contribution in [0.3, 0.4) is 0 Å². The highest BCUT2D eigenvalue weighted by Gasteiger charge is 2.09. The minimum atomic E-state index is 0.225. The Morgan fingerprint density at radius 2 is 1.74 bits per heavy atom. The summed E-state index contributed by atoms with van der Waals surface area (Å²) < 4.78 is 5.67. The van der Waals surface area contributed by atoms with Crippen LogP contribution in [-0.4, -0.2) is 24.4 Å². The molecule has 0 saturated heterocycles. The molecule has 0 spiro atoms. The molecule has 0 saturated carbocycles. The third-order valence-electron chi connectivity index (χ3n) is 3.06. The SMILES string of the molecule is CC(C)COc1ccc(C(C)NC(C)CCO)cc1. The molecule has 2 unspecified atom stereocenters. The second-order valence-corrected chi connectivity index (χ2v) is 5.58. The van der Waals surface area contributed by atoms with Gasteiger partial charge in [-0.1, -0.05) is 26.0 Å². The molecule has 0 fully saturated rings. The van der Waals surface area contributed by atoms with Gasteiger partial charge >= 0.3 is 0 Å². The molecule has 1 aromatic carbocycles. The van der Waals surface area contributed by atoms with Crippen molar-refractivity contribution in [3.05, 3.63) is 29.8 Å². The second-order valence-electron chi connectivity index (χ2n) is 5.58. The lowest BCUT2D eigenvalue weighted by Gasteiger charge is -2.20. The Hall–Kier alpha value is -1.06. The van der Waals surface area contributed by atoms with Crippen LogP contribution < -0.4 is 10.1 Å². The molecular formula is C16H27NO2. The number of aliphatic hydroxyl groups excluding tert-OH is 1. The summed E-state index contributed by atoms with van der Waals surface area (Å²) in [6.45, 7) is 9.49. The van der Waals surface area contributed by atoms with Crippen molar-refractivity contribution in [2.24, 2.45) is 5.92 Å². The van der Waals surface area contributed by atoms with Gasteiger partial charge in [-0.15, -0.1) is 0 Å². The molecule has 0 aromatic heterocycles. The molecule has 0 radical (unpaired) electrons. The number of benzene rings is 1. The fraction of sp³-hybridized carbons (Fsp3) is 0.625. The van der Waals surface area contributed by atoms with Crippen molar-refractivity contribution < 1.29 is 9.84 Å². The molecular weight excluding hydrogens is 238 g/mol. The van der Waals surface area contributed by atoms with Crippen LogP contribution in [0, 0.1) is 5.92 Å². The minimum Gasteiger partial charge on any atom is -0.493 e. The highest BCUT2D eigenvalue weighted by molar-refractivity contribution is 5.29. The molecule has 0 heterocycles. The summed E-state index contributed by atoms with van der Waals surface area (Å²) in [4.78, 5) is 0. The van der Waals surface area contributed by atoms with Crippen LogP contribution in [0.15, 0.2) is 24.3 Å². The summed E-state index contributed by atoms with van der Waals surface area (Å²) in [5.74, 6) is 1.47. The molecule has 0 bridgehead atoms. The monoisotopic (exact) mass is 265 g/mol. The number of rotatable bonds is 8. The Bertz CT molecular complexity index is 348. The van der Waals surface area contributed by atoms with Crippen molar-refractivity contribution in [3.63, 3.8) is 0 Å². The van der Waals surface area contributed by atoms with E-state index in [1.165, 1.54) is 5.56 Å². The van der Waals surface area contributed by atoms with Crippen molar-refractivity contribution in [3.8, 4) is 5.75 Å². The van der Waals surface area contributed by atoms with Crippen molar-refractivity contribution in [2.75, 3.05) is 13.2 Å². The van der Waals surface area contributed by atoms with Gasteiger partial charge in [-0.3, -0.25) is 0 Å². The van der Waals surface area contributed by atoms with E-state index in [0.29, 0.717) is 12.0 Å². The molecule has 2 N–H and O–H groups in total. The minimum absolute atomic E-state index is 0.225. The topological polar surface area (TPSA) is 41.5 Å². The summed E-state index contributed by atoms with van der Waals surface area (Å²) in [6.07, 6.45) is 0.778. The van der Waals surface area contributed by atoms with E-state index in [1.807, 2.05) is 12.1 Å². The molecule has 0 aliphatic heterocycles. The number of ether oxygens (including phenoxy) is 1. The predicted octanol–water partition coefficient (Wildman–Crippen LogP) is 3.14. The fourth-order valence-corrected chi connectivity index (χ4v) is 1.92. The summed E-state index contributed by atoms with van der Waals surface area (Å²) in [7, 11) is 0. The first-order valence-corrected chi connectivity index (χ1v) is 7.12. The lowest BCUT2D eigenvalue weighted by molar-refractivity contribution is 0.264. The molecule has 0 aliphatic carbocycles. The third-order valence-corrected chi connectivity index (χ3v) is 3.06. The molecule has 1 aromatic rings. The van der Waals surface area contributed by atoms with Gasteiger partial charge < -0.3 is 15.2 Å². The largest absolute Gasteiger partial charge is 0.493 e. The summed E-state index contributed by atoms with van der Waals surface area (Å²) in [6, 6.07) is 8.83. The van der Waals surface area contributed by atoms with E-state index in [0.717, 1.165) is 18.8 Å². The van der Waals surface area contributed by atoms with Crippen LogP contribution in [0.25, 0.3) is 0 Å². The van der Waals surface area contributed by atoms with Crippen molar-refractivity contribution in [1.29, 1.82) is 0 Å². The van der Waals surface area contributed by atoms with E-state index in [9.17, 15) is 0 Å². The average Bonchev–Trinajstić information content (AvgIpc) is 2.37. The Balaban J connectivity index is 2.50. The highest BCUT2D eigenvalue weighted by Crippen LogP contribution is 2.18. The smallest absolute Gasteiger partial charge is 0.119 e. The molecule has 108 valence electrons. The van der Waals surface area contributed by atoms with E-state index in [2.05, 4.69) is 45.1 Å². The van der Waals surface area contributed by atoms with Crippen molar-refractivity contribution in [1.82, 2.24) is 5.32 Å². The normalized spacial score (nSPS) is 14.4. The van der Waals surface area contributed by atoms with Crippen LogP contribution >= 0.6 is 0 Å². The van der Waals surface area contributed by atoms with Gasteiger partial charge in [0.25, 0.3) is 0 Å². The van der Waals surface area contributed by atoms with E-state index in [4.69, 9.17) is 9.84 Å². The Morgan fingerprint density at radius 3 is 2.26 bits per heavy atom. The number of aliphatic hydroxyl groups is 1. The number of nitrogens with one attached hydrogen (secondary N) is 1. The Labute approximate surface area is 117 Å². The van der Waals surface area contributed by atoms with Gasteiger partial charge in [0.2, 0.25) is 0 Å². The van der Waals surface area contributed by atoms with Gasteiger partial charge in [0, 0.05) is 18.7 Å². The van der Waals surface area contributed by atoms with Gasteiger partial charge in [0.1, 0.15) is 5.75 Å². The average molecular weight is 265 g/mol. The quantitative estimate of drug-likeness (QED) is 0.758. The first-order valence-electron chi connectivity index (χ1n) is 7.12. The molecule has 2 atom stereocenters. The zero-order valence-corrected chi connectivity index (χ0v) is 12.5. The van der Waals surface area contributed by atoms with Crippen molar-refractivity contribution >= 4 is 0 Å². The molecule has 3 nitrogen and oxygen atoms in total. The molecule has 3 heteroatoms. The first-order chi connectivity index (χ1) is 9.02. The van der Waals surface area contributed by atoms with E-state index < -0.39 is 0 Å². The van der Waals surface area contributed by atoms with Crippen LogP contribution in [0.1, 0.15) is 45.7 Å². The maximum atomic E-state index is 8.90. The standard InChI is InChI=1S/C16H27NO2/c1-12(2)11-19-16-7-5-15(6-8-16)14(4)17-13(3)9-10-18/h5-8,12-14,17-18H,9-11H2,1-4H3. The second kappa shape index (κ2) is 8.18. The summed E-state index contributed by atoms with van der Waals surface area (Å²) in [5.41, 5.74) is 1.24. The van der Waals surface area contributed by atoms with Gasteiger partial charge in [-0.05, 0) is 43.9 Å². The maximum Gasteiger partial charge on any atom is 0.119 e. The van der Waals surface area contributed by atoms with E-state index >= 15 is 0 Å². The van der Waals surface area contributed by atoms with Crippen LogP contribution in [0.4, 0.5) is 0 Å². The maximum absolute atomic E-state index is 8.90. The molecule has 0 aliphatic rings. The summed E-state index contributed by atoms with van der Waals surface area (Å²) in [5, 5.41) is 12.4. The van der Waals surface area contributed by atoms with Gasteiger partial charge in [-0.2, -0.15) is 0 Å². The fourth-order valence-electron chi connectivity index (χ4n) is 1.92. The van der Waals surface area contributed by atoms with E-state index in [-0.39, 0.29) is 12.6 Å². The lowest BCUT2D eigenvalue weighted by Crippen LogP contribution is -2.29. The highest BCUT2D eigenvalue weighted by atomic mass is 16.5. The molecule has 19 heavy (non-hydrogen) atoms. The number of hydrogen-bond acceptors (Lipinski definition) is 3. The Morgan fingerprint density at radius 1 is 1.11 bits per heavy atom. The molecule has 0 amide bonds. The van der Waals surface area contributed by atoms with Crippen LogP contribution in [-0.2, 0) is 0 Å². The van der Waals surface area contributed by atoms with Crippen molar-refractivity contribution in [2.45, 2.75) is 46.2 Å². The first kappa shape index (κ1) is 16.0. The van der Waals surface area contributed by atoms with Crippen LogP contribution in [0.2, 0.25) is 0 Å². The summed E-state index contributed by atoms with van der Waals surface area (Å²) >= 11 is 0. The zero-order valence-electron chi connectivity index (χ0n) is 12.5. The Kier molecular flexibility index (Phi) is 6.89. The van der Waals surface area contributed by atoms with Gasteiger partial charge in [0.05, 0.1) is 6.61 Å². The predicted molar refractivity (Wildman–Crippen MR) is 79.5 cm³/mol.